The number of anilines is 1. The molecule has 4 aromatic rings. The lowest BCUT2D eigenvalue weighted by Gasteiger charge is -2.11. The second kappa shape index (κ2) is 9.95. The highest BCUT2D eigenvalue weighted by Gasteiger charge is 2.11. The highest BCUT2D eigenvalue weighted by atomic mass is 16.5. The summed E-state index contributed by atoms with van der Waals surface area (Å²) in [4.78, 5) is 29.4. The number of H-pyrrole nitrogens is 1. The maximum atomic E-state index is 12.7. The first-order valence-electron chi connectivity index (χ1n) is 10.7. The van der Waals surface area contributed by atoms with Gasteiger partial charge in [0.05, 0.1) is 7.11 Å². The summed E-state index contributed by atoms with van der Waals surface area (Å²) in [5.74, 6) is 1.23. The van der Waals surface area contributed by atoms with E-state index >= 15 is 0 Å². The van der Waals surface area contributed by atoms with Gasteiger partial charge in [-0.15, -0.1) is 0 Å². The number of benzene rings is 2. The van der Waals surface area contributed by atoms with Crippen molar-refractivity contribution < 1.29 is 9.53 Å². The molecule has 0 radical (unpaired) electrons. The van der Waals surface area contributed by atoms with E-state index in [0.717, 1.165) is 33.6 Å². The summed E-state index contributed by atoms with van der Waals surface area (Å²) in [7, 11) is 1.65. The summed E-state index contributed by atoms with van der Waals surface area (Å²) in [5.41, 5.74) is 4.33. The lowest BCUT2D eigenvalue weighted by molar-refractivity contribution is 0.0977. The third-order valence-electron chi connectivity index (χ3n) is 5.11. The van der Waals surface area contributed by atoms with Crippen molar-refractivity contribution in [2.45, 2.75) is 20.3 Å². The van der Waals surface area contributed by atoms with Gasteiger partial charge in [-0.1, -0.05) is 18.2 Å². The van der Waals surface area contributed by atoms with Gasteiger partial charge in [-0.05, 0) is 56.2 Å². The number of rotatable bonds is 6. The number of aliphatic imine (C=N–C) groups is 1. The molecule has 0 bridgehead atoms. The largest absolute Gasteiger partial charge is 0.497 e. The van der Waals surface area contributed by atoms with Gasteiger partial charge in [0.25, 0.3) is 5.91 Å². The minimum atomic E-state index is -0.259. The van der Waals surface area contributed by atoms with Crippen molar-refractivity contribution in [3.63, 3.8) is 0 Å². The van der Waals surface area contributed by atoms with E-state index in [1.54, 1.807) is 19.2 Å². The van der Waals surface area contributed by atoms with Gasteiger partial charge >= 0.3 is 0 Å². The number of nitrogens with one attached hydrogen (secondary N) is 3. The van der Waals surface area contributed by atoms with E-state index in [1.807, 2.05) is 62.5 Å². The van der Waals surface area contributed by atoms with Crippen LogP contribution in [0, 0.1) is 13.8 Å². The Hall–Kier alpha value is -4.20. The Morgan fingerprint density at radius 3 is 2.55 bits per heavy atom. The first kappa shape index (κ1) is 22.0. The van der Waals surface area contributed by atoms with E-state index in [2.05, 4.69) is 30.6 Å². The smallest absolute Gasteiger partial charge is 0.257 e. The van der Waals surface area contributed by atoms with Gasteiger partial charge in [0.15, 0.2) is 0 Å². The number of amides is 1. The van der Waals surface area contributed by atoms with Crippen molar-refractivity contribution in [1.82, 2.24) is 20.3 Å². The van der Waals surface area contributed by atoms with Crippen molar-refractivity contribution in [3.05, 3.63) is 83.3 Å². The summed E-state index contributed by atoms with van der Waals surface area (Å²) in [6.07, 6.45) is 2.66. The van der Waals surface area contributed by atoms with E-state index in [0.29, 0.717) is 30.4 Å². The number of hydrogen-bond donors (Lipinski definition) is 3. The maximum Gasteiger partial charge on any atom is 0.257 e. The first-order valence-corrected chi connectivity index (χ1v) is 10.7. The van der Waals surface area contributed by atoms with Crippen molar-refractivity contribution in [2.24, 2.45) is 4.99 Å². The molecule has 0 spiro atoms. The molecule has 0 aliphatic heterocycles. The van der Waals surface area contributed by atoms with E-state index in [4.69, 9.17) is 4.74 Å². The minimum Gasteiger partial charge on any atom is -0.497 e. The van der Waals surface area contributed by atoms with E-state index in [1.165, 1.54) is 0 Å². The Bertz CT molecular complexity index is 1280. The Kier molecular flexibility index (Phi) is 6.64. The standard InChI is InChI=1S/C25H26N6O2/c1-16-13-17(2)29-25(28-16)31-24(30-23(32)18-7-5-4-6-8-18)26-12-11-19-15-27-22-14-20(33-3)9-10-21(19)22/h4-10,13-15,27H,11-12H2,1-3H3,(H2,26,28,29,30,31,32). The third kappa shape index (κ3) is 5.54. The molecule has 0 saturated carbocycles. The molecule has 4 rings (SSSR count). The zero-order valence-corrected chi connectivity index (χ0v) is 18.8. The molecular formula is C25H26N6O2. The Morgan fingerprint density at radius 1 is 1.06 bits per heavy atom. The monoisotopic (exact) mass is 442 g/mol. The van der Waals surface area contributed by atoms with E-state index in [-0.39, 0.29) is 5.91 Å². The van der Waals surface area contributed by atoms with E-state index in [9.17, 15) is 4.79 Å². The second-order valence-electron chi connectivity index (χ2n) is 7.63. The Balaban J connectivity index is 1.53. The fraction of sp³-hybridized carbons (Fsp3) is 0.200. The van der Waals surface area contributed by atoms with Crippen LogP contribution in [0.1, 0.15) is 27.3 Å². The molecule has 2 aromatic carbocycles. The minimum absolute atomic E-state index is 0.259. The van der Waals surface area contributed by atoms with Crippen LogP contribution in [0.25, 0.3) is 10.9 Å². The quantitative estimate of drug-likeness (QED) is 0.309. The molecule has 0 saturated heterocycles. The third-order valence-corrected chi connectivity index (χ3v) is 5.11. The van der Waals surface area contributed by atoms with Gasteiger partial charge in [0.1, 0.15) is 5.75 Å². The topological polar surface area (TPSA) is 104 Å². The highest BCUT2D eigenvalue weighted by molar-refractivity contribution is 6.09. The molecule has 1 amide bonds. The molecule has 8 heteroatoms. The Labute approximate surface area is 192 Å². The second-order valence-corrected chi connectivity index (χ2v) is 7.63. The van der Waals surface area contributed by atoms with Crippen LogP contribution in [-0.4, -0.2) is 40.5 Å². The van der Waals surface area contributed by atoms with Crippen molar-refractivity contribution in [3.8, 4) is 5.75 Å². The molecule has 0 aliphatic rings. The average molecular weight is 443 g/mol. The molecule has 2 aromatic heterocycles. The van der Waals surface area contributed by atoms with Gasteiger partial charge in [-0.2, -0.15) is 0 Å². The predicted octanol–water partition coefficient (Wildman–Crippen LogP) is 4.02. The molecule has 33 heavy (non-hydrogen) atoms. The van der Waals surface area contributed by atoms with Crippen LogP contribution in [0.4, 0.5) is 5.95 Å². The van der Waals surface area contributed by atoms with Gasteiger partial charge < -0.3 is 9.72 Å². The molecule has 0 aliphatic carbocycles. The van der Waals surface area contributed by atoms with Gasteiger partial charge in [-0.3, -0.25) is 20.4 Å². The van der Waals surface area contributed by atoms with Crippen LogP contribution in [0.15, 0.2) is 65.8 Å². The number of aromatic nitrogens is 3. The van der Waals surface area contributed by atoms with Crippen LogP contribution in [0.2, 0.25) is 0 Å². The number of nitrogens with zero attached hydrogens (tertiary/aromatic N) is 3. The van der Waals surface area contributed by atoms with Crippen molar-refractivity contribution in [2.75, 3.05) is 19.0 Å². The Morgan fingerprint density at radius 2 is 1.82 bits per heavy atom. The first-order chi connectivity index (χ1) is 16.0. The number of aromatic amines is 1. The highest BCUT2D eigenvalue weighted by Crippen LogP contribution is 2.23. The molecular weight excluding hydrogens is 416 g/mol. The van der Waals surface area contributed by atoms with Crippen molar-refractivity contribution >= 4 is 28.7 Å². The maximum absolute atomic E-state index is 12.7. The molecule has 0 atom stereocenters. The lowest BCUT2D eigenvalue weighted by atomic mass is 10.1. The normalized spacial score (nSPS) is 11.4. The molecule has 2 heterocycles. The lowest BCUT2D eigenvalue weighted by Crippen LogP contribution is -2.36. The van der Waals surface area contributed by atoms with Crippen LogP contribution in [0.3, 0.4) is 0 Å². The molecule has 3 N–H and O–H groups in total. The molecule has 8 nitrogen and oxygen atoms in total. The predicted molar refractivity (Wildman–Crippen MR) is 130 cm³/mol. The number of guanidine groups is 1. The molecule has 168 valence electrons. The van der Waals surface area contributed by atoms with Crippen LogP contribution in [0.5, 0.6) is 5.75 Å². The molecule has 0 fully saturated rings. The number of aryl methyl sites for hydroxylation is 2. The van der Waals surface area contributed by atoms with Crippen LogP contribution < -0.4 is 15.4 Å². The zero-order valence-electron chi connectivity index (χ0n) is 18.8. The SMILES string of the molecule is COc1ccc2c(CCN=C(NC(=O)c3ccccc3)Nc3nc(C)cc(C)n3)c[nH]c2c1. The summed E-state index contributed by atoms with van der Waals surface area (Å²) < 4.78 is 5.29. The van der Waals surface area contributed by atoms with Crippen LogP contribution in [-0.2, 0) is 6.42 Å². The van der Waals surface area contributed by atoms with Gasteiger partial charge in [0.2, 0.25) is 11.9 Å². The van der Waals surface area contributed by atoms with Gasteiger partial charge in [0, 0.05) is 46.7 Å². The summed E-state index contributed by atoms with van der Waals surface area (Å²) >= 11 is 0. The number of carbonyl (C=O) groups is 1. The summed E-state index contributed by atoms with van der Waals surface area (Å²) in [6.45, 7) is 4.25. The van der Waals surface area contributed by atoms with E-state index < -0.39 is 0 Å². The fourth-order valence-electron chi connectivity index (χ4n) is 3.55. The number of fused-ring (bicyclic) bond motifs is 1. The molecule has 0 unspecified atom stereocenters. The average Bonchev–Trinajstić information content (AvgIpc) is 3.21. The number of carbonyl (C=O) groups excluding carboxylic acids is 1. The summed E-state index contributed by atoms with van der Waals surface area (Å²) in [5, 5.41) is 7.03. The van der Waals surface area contributed by atoms with Gasteiger partial charge in [-0.25, -0.2) is 9.97 Å². The number of ether oxygens (including phenoxy) is 1. The fourth-order valence-corrected chi connectivity index (χ4v) is 3.55. The van der Waals surface area contributed by atoms with Crippen molar-refractivity contribution in [1.29, 1.82) is 0 Å². The summed E-state index contributed by atoms with van der Waals surface area (Å²) in [6, 6.07) is 16.8. The number of hydrogen-bond acceptors (Lipinski definition) is 5. The zero-order chi connectivity index (χ0) is 23.2. The number of methoxy groups -OCH3 is 1. The van der Waals surface area contributed by atoms with Crippen LogP contribution >= 0.6 is 0 Å².